The number of aliphatic hydroxyl groups is 1. The number of aliphatic hydroxyl groups excluding tert-OH is 1. The van der Waals surface area contributed by atoms with E-state index in [2.05, 4.69) is 4.98 Å². The number of nitrogens with two attached hydrogens (primary N) is 1. The zero-order chi connectivity index (χ0) is 9.42. The third-order valence-corrected chi connectivity index (χ3v) is 2.79. The van der Waals surface area contributed by atoms with E-state index in [0.717, 1.165) is 16.3 Å². The van der Waals surface area contributed by atoms with Gasteiger partial charge in [0.05, 0.1) is 24.0 Å². The van der Waals surface area contributed by atoms with Crippen LogP contribution in [0.4, 0.5) is 0 Å². The van der Waals surface area contributed by atoms with Crippen molar-refractivity contribution < 1.29 is 5.11 Å². The van der Waals surface area contributed by atoms with Crippen molar-refractivity contribution in [3.63, 3.8) is 0 Å². The third kappa shape index (κ3) is 1.25. The van der Waals surface area contributed by atoms with Crippen LogP contribution in [0.2, 0.25) is 0 Å². The Morgan fingerprint density at radius 2 is 2.54 bits per heavy atom. The van der Waals surface area contributed by atoms with Gasteiger partial charge in [-0.3, -0.25) is 4.40 Å². The molecule has 0 fully saturated rings. The molecule has 2 aromatic heterocycles. The summed E-state index contributed by atoms with van der Waals surface area (Å²) < 4.78 is 1.93. The van der Waals surface area contributed by atoms with E-state index >= 15 is 0 Å². The quantitative estimate of drug-likeness (QED) is 0.744. The van der Waals surface area contributed by atoms with E-state index in [0.29, 0.717) is 0 Å². The molecule has 0 spiro atoms. The number of fused-ring (bicyclic) bond motifs is 1. The predicted molar refractivity (Wildman–Crippen MR) is 51.8 cm³/mol. The summed E-state index contributed by atoms with van der Waals surface area (Å²) >= 11 is 1.56. The van der Waals surface area contributed by atoms with Crippen LogP contribution in [-0.4, -0.2) is 21.1 Å². The van der Waals surface area contributed by atoms with Crippen LogP contribution in [0.1, 0.15) is 17.4 Å². The van der Waals surface area contributed by atoms with Crippen LogP contribution in [0.3, 0.4) is 0 Å². The monoisotopic (exact) mass is 197 g/mol. The van der Waals surface area contributed by atoms with E-state index in [1.165, 1.54) is 0 Å². The molecule has 2 heterocycles. The van der Waals surface area contributed by atoms with Crippen LogP contribution in [0, 0.1) is 6.92 Å². The van der Waals surface area contributed by atoms with E-state index in [-0.39, 0.29) is 12.6 Å². The molecule has 0 aliphatic rings. The van der Waals surface area contributed by atoms with Crippen LogP contribution in [0.5, 0.6) is 0 Å². The number of nitrogens with zero attached hydrogens (tertiary/aromatic N) is 2. The van der Waals surface area contributed by atoms with E-state index in [9.17, 15) is 0 Å². The molecule has 2 rings (SSSR count). The molecule has 0 saturated carbocycles. The molecule has 0 saturated heterocycles. The van der Waals surface area contributed by atoms with Gasteiger partial charge in [-0.1, -0.05) is 0 Å². The Kier molecular flexibility index (Phi) is 2.07. The van der Waals surface area contributed by atoms with Crippen molar-refractivity contribution in [2.45, 2.75) is 13.0 Å². The summed E-state index contributed by atoms with van der Waals surface area (Å²) in [7, 11) is 0. The van der Waals surface area contributed by atoms with Gasteiger partial charge in [-0.25, -0.2) is 4.98 Å². The maximum absolute atomic E-state index is 8.97. The largest absolute Gasteiger partial charge is 0.394 e. The molecule has 13 heavy (non-hydrogen) atoms. The zero-order valence-electron chi connectivity index (χ0n) is 7.27. The van der Waals surface area contributed by atoms with Gasteiger partial charge in [0.2, 0.25) is 0 Å². The average Bonchev–Trinajstić information content (AvgIpc) is 2.62. The number of hydrogen-bond acceptors (Lipinski definition) is 4. The molecule has 3 N–H and O–H groups in total. The molecular formula is C8H11N3OS. The summed E-state index contributed by atoms with van der Waals surface area (Å²) in [5.74, 6) is 0. The average molecular weight is 197 g/mol. The van der Waals surface area contributed by atoms with E-state index in [1.807, 2.05) is 22.9 Å². The molecule has 0 aliphatic heterocycles. The van der Waals surface area contributed by atoms with Crippen LogP contribution >= 0.6 is 11.3 Å². The van der Waals surface area contributed by atoms with Gasteiger partial charge in [0.25, 0.3) is 0 Å². The molecule has 0 unspecified atom stereocenters. The second-order valence-electron chi connectivity index (χ2n) is 2.93. The molecule has 0 aliphatic carbocycles. The Balaban J connectivity index is 2.63. The first-order valence-corrected chi connectivity index (χ1v) is 4.90. The fourth-order valence-electron chi connectivity index (χ4n) is 1.44. The number of imidazole rings is 1. The lowest BCUT2D eigenvalue weighted by atomic mass is 10.2. The lowest BCUT2D eigenvalue weighted by Crippen LogP contribution is -2.17. The fraction of sp³-hybridized carbons (Fsp3) is 0.375. The fourth-order valence-corrected chi connectivity index (χ4v) is 2.21. The number of aryl methyl sites for hydroxylation is 1. The van der Waals surface area contributed by atoms with Crippen molar-refractivity contribution in [2.24, 2.45) is 5.73 Å². The van der Waals surface area contributed by atoms with Crippen LogP contribution < -0.4 is 5.73 Å². The highest BCUT2D eigenvalue weighted by Crippen LogP contribution is 2.20. The Morgan fingerprint density at radius 1 is 1.77 bits per heavy atom. The summed E-state index contributed by atoms with van der Waals surface area (Å²) in [6.45, 7) is 1.86. The predicted octanol–water partition coefficient (Wildman–Crippen LogP) is 0.696. The Bertz CT molecular complexity index is 420. The maximum Gasteiger partial charge on any atom is 0.194 e. The first-order valence-electron chi connectivity index (χ1n) is 4.02. The highest BCUT2D eigenvalue weighted by molar-refractivity contribution is 7.15. The maximum atomic E-state index is 8.97. The molecular weight excluding hydrogens is 186 g/mol. The van der Waals surface area contributed by atoms with Crippen molar-refractivity contribution in [2.75, 3.05) is 6.61 Å². The van der Waals surface area contributed by atoms with E-state index in [1.54, 1.807) is 11.3 Å². The molecule has 2 aromatic rings. The molecule has 0 amide bonds. The molecule has 0 bridgehead atoms. The summed E-state index contributed by atoms with van der Waals surface area (Å²) in [5, 5.41) is 10.9. The second-order valence-corrected chi connectivity index (χ2v) is 3.80. The smallest absolute Gasteiger partial charge is 0.194 e. The lowest BCUT2D eigenvalue weighted by molar-refractivity contribution is 0.265. The number of hydrogen-bond donors (Lipinski definition) is 2. The molecule has 4 nitrogen and oxygen atoms in total. The van der Waals surface area contributed by atoms with Gasteiger partial charge in [-0.05, 0) is 6.92 Å². The number of rotatable bonds is 2. The van der Waals surface area contributed by atoms with Gasteiger partial charge in [-0.2, -0.15) is 0 Å². The van der Waals surface area contributed by atoms with E-state index < -0.39 is 0 Å². The Labute approximate surface area is 79.6 Å². The van der Waals surface area contributed by atoms with Crippen molar-refractivity contribution in [3.05, 3.63) is 23.0 Å². The summed E-state index contributed by atoms with van der Waals surface area (Å²) in [5.41, 5.74) is 7.56. The first-order chi connectivity index (χ1) is 6.24. The number of aromatic nitrogens is 2. The van der Waals surface area contributed by atoms with Crippen molar-refractivity contribution in [3.8, 4) is 0 Å². The van der Waals surface area contributed by atoms with Crippen LogP contribution in [0.15, 0.2) is 11.6 Å². The standard InChI is InChI=1S/C8H11N3OS/c1-5-7(6(9)4-12)11-2-3-13-8(11)10-5/h2-3,6,12H,4,9H2,1H3/t6-/m1/s1. The topological polar surface area (TPSA) is 63.5 Å². The normalized spacial score (nSPS) is 13.8. The first kappa shape index (κ1) is 8.68. The minimum absolute atomic E-state index is 0.0511. The Hall–Kier alpha value is -0.910. The van der Waals surface area contributed by atoms with Gasteiger partial charge in [-0.15, -0.1) is 11.3 Å². The summed E-state index contributed by atoms with van der Waals surface area (Å²) in [4.78, 5) is 5.26. The minimum atomic E-state index is -0.343. The molecule has 70 valence electrons. The van der Waals surface area contributed by atoms with Gasteiger partial charge in [0.15, 0.2) is 4.96 Å². The van der Waals surface area contributed by atoms with Gasteiger partial charge in [0, 0.05) is 11.6 Å². The van der Waals surface area contributed by atoms with Gasteiger partial charge < -0.3 is 10.8 Å². The zero-order valence-corrected chi connectivity index (χ0v) is 8.08. The SMILES string of the molecule is Cc1nc2sccn2c1[C@H](N)CO. The Morgan fingerprint density at radius 3 is 3.23 bits per heavy atom. The molecule has 0 aromatic carbocycles. The molecule has 5 heteroatoms. The second kappa shape index (κ2) is 3.10. The van der Waals surface area contributed by atoms with Crippen LogP contribution in [-0.2, 0) is 0 Å². The van der Waals surface area contributed by atoms with Crippen molar-refractivity contribution in [1.29, 1.82) is 0 Å². The van der Waals surface area contributed by atoms with Crippen molar-refractivity contribution in [1.82, 2.24) is 9.38 Å². The van der Waals surface area contributed by atoms with Gasteiger partial charge >= 0.3 is 0 Å². The lowest BCUT2D eigenvalue weighted by Gasteiger charge is -2.07. The molecule has 0 radical (unpaired) electrons. The third-order valence-electron chi connectivity index (χ3n) is 2.03. The number of thiazole rings is 1. The highest BCUT2D eigenvalue weighted by atomic mass is 32.1. The van der Waals surface area contributed by atoms with Crippen LogP contribution in [0.25, 0.3) is 4.96 Å². The molecule has 1 atom stereocenters. The highest BCUT2D eigenvalue weighted by Gasteiger charge is 2.15. The summed E-state index contributed by atoms with van der Waals surface area (Å²) in [6, 6.07) is -0.343. The van der Waals surface area contributed by atoms with Gasteiger partial charge in [0.1, 0.15) is 0 Å². The van der Waals surface area contributed by atoms with E-state index in [4.69, 9.17) is 10.8 Å². The minimum Gasteiger partial charge on any atom is -0.394 e. The van der Waals surface area contributed by atoms with Crippen molar-refractivity contribution >= 4 is 16.3 Å². The summed E-state index contributed by atoms with van der Waals surface area (Å²) in [6.07, 6.45) is 1.92.